The summed E-state index contributed by atoms with van der Waals surface area (Å²) in [7, 11) is 0. The van der Waals surface area contributed by atoms with Gasteiger partial charge in [-0.05, 0) is 43.3 Å². The van der Waals surface area contributed by atoms with Crippen LogP contribution in [0.4, 0.5) is 0 Å². The molecule has 20 heavy (non-hydrogen) atoms. The summed E-state index contributed by atoms with van der Waals surface area (Å²) in [4.78, 5) is 5.56. The molecule has 0 bridgehead atoms. The lowest BCUT2D eigenvalue weighted by Crippen LogP contribution is -2.35. The molecule has 0 amide bonds. The van der Waals surface area contributed by atoms with Crippen LogP contribution >= 0.6 is 23.1 Å². The number of thiophene rings is 1. The maximum Gasteiger partial charge on any atom is 0.0331 e. The average Bonchev–Trinajstić information content (AvgIpc) is 3.05. The van der Waals surface area contributed by atoms with Crippen molar-refractivity contribution in [2.45, 2.75) is 43.0 Å². The molecule has 106 valence electrons. The summed E-state index contributed by atoms with van der Waals surface area (Å²) in [5.74, 6) is 0. The van der Waals surface area contributed by atoms with E-state index in [4.69, 9.17) is 0 Å². The highest BCUT2D eigenvalue weighted by molar-refractivity contribution is 8.00. The van der Waals surface area contributed by atoms with Crippen LogP contribution in [-0.2, 0) is 13.0 Å². The molecule has 1 unspecified atom stereocenters. The maximum absolute atomic E-state index is 2.61. The van der Waals surface area contributed by atoms with Gasteiger partial charge in [-0.25, -0.2) is 0 Å². The predicted octanol–water partition coefficient (Wildman–Crippen LogP) is 4.68. The summed E-state index contributed by atoms with van der Waals surface area (Å²) in [6.07, 6.45) is 1.22. The lowest BCUT2D eigenvalue weighted by molar-refractivity contribution is 0.216. The highest BCUT2D eigenvalue weighted by Gasteiger charge is 2.25. The number of nitrogens with zero attached hydrogens (tertiary/aromatic N) is 1. The fraction of sp³-hybridized carbons (Fsp3) is 0.412. The second kappa shape index (κ2) is 6.33. The molecular formula is C17H21NS2. The lowest BCUT2D eigenvalue weighted by atomic mass is 10.1. The molecule has 0 fully saturated rings. The Bertz CT molecular complexity index is 523. The molecule has 0 aliphatic carbocycles. The molecule has 1 aromatic carbocycles. The molecule has 0 saturated carbocycles. The minimum atomic E-state index is 0.599. The Morgan fingerprint density at radius 3 is 2.75 bits per heavy atom. The standard InChI is InChI=1S/C17H21NS2/c1-13(2)18(11-15-7-5-9-19-15)12-16-10-14-6-3-4-8-17(14)20-16/h3-9,13,16H,10-12H2,1-2H3. The van der Waals surface area contributed by atoms with Crippen LogP contribution in [0, 0.1) is 0 Å². The van der Waals surface area contributed by atoms with Crippen LogP contribution in [0.3, 0.4) is 0 Å². The molecule has 1 nitrogen and oxygen atoms in total. The van der Waals surface area contributed by atoms with Crippen LogP contribution in [0.25, 0.3) is 0 Å². The van der Waals surface area contributed by atoms with E-state index in [-0.39, 0.29) is 0 Å². The monoisotopic (exact) mass is 303 g/mol. The van der Waals surface area contributed by atoms with Crippen LogP contribution in [0.15, 0.2) is 46.7 Å². The van der Waals surface area contributed by atoms with Crippen molar-refractivity contribution in [1.82, 2.24) is 4.90 Å². The van der Waals surface area contributed by atoms with E-state index < -0.39 is 0 Å². The van der Waals surface area contributed by atoms with Crippen molar-refractivity contribution in [1.29, 1.82) is 0 Å². The molecule has 0 saturated heterocycles. The zero-order chi connectivity index (χ0) is 13.9. The third-order valence-corrected chi connectivity index (χ3v) is 5.98. The van der Waals surface area contributed by atoms with Crippen molar-refractivity contribution in [3.63, 3.8) is 0 Å². The van der Waals surface area contributed by atoms with Crippen molar-refractivity contribution in [2.75, 3.05) is 6.54 Å². The fourth-order valence-electron chi connectivity index (χ4n) is 2.68. The Labute approximate surface area is 130 Å². The van der Waals surface area contributed by atoms with Crippen LogP contribution in [0.2, 0.25) is 0 Å². The number of hydrogen-bond acceptors (Lipinski definition) is 3. The topological polar surface area (TPSA) is 3.24 Å². The van der Waals surface area contributed by atoms with Crippen LogP contribution < -0.4 is 0 Å². The Balaban J connectivity index is 1.64. The van der Waals surface area contributed by atoms with E-state index in [1.165, 1.54) is 28.3 Å². The van der Waals surface area contributed by atoms with Gasteiger partial charge in [-0.3, -0.25) is 4.90 Å². The van der Waals surface area contributed by atoms with E-state index in [1.807, 2.05) is 11.3 Å². The van der Waals surface area contributed by atoms with E-state index in [2.05, 4.69) is 72.3 Å². The molecule has 1 atom stereocenters. The van der Waals surface area contributed by atoms with Crippen LogP contribution in [0.1, 0.15) is 24.3 Å². The first-order valence-corrected chi connectivity index (χ1v) is 8.99. The quantitative estimate of drug-likeness (QED) is 0.789. The van der Waals surface area contributed by atoms with Crippen molar-refractivity contribution in [3.8, 4) is 0 Å². The van der Waals surface area contributed by atoms with Crippen molar-refractivity contribution < 1.29 is 0 Å². The first-order chi connectivity index (χ1) is 9.72. The molecule has 1 aliphatic rings. The molecule has 1 aromatic heterocycles. The Morgan fingerprint density at radius 1 is 1.20 bits per heavy atom. The molecule has 0 radical (unpaired) electrons. The Kier molecular flexibility index (Phi) is 4.49. The van der Waals surface area contributed by atoms with Gasteiger partial charge in [-0.1, -0.05) is 24.3 Å². The zero-order valence-electron chi connectivity index (χ0n) is 12.1. The van der Waals surface area contributed by atoms with E-state index >= 15 is 0 Å². The Morgan fingerprint density at radius 2 is 2.05 bits per heavy atom. The number of benzene rings is 1. The lowest BCUT2D eigenvalue weighted by Gasteiger charge is -2.28. The average molecular weight is 303 g/mol. The van der Waals surface area contributed by atoms with Gasteiger partial charge in [0.25, 0.3) is 0 Å². The molecule has 3 rings (SSSR count). The summed E-state index contributed by atoms with van der Waals surface area (Å²) in [6, 6.07) is 13.9. The molecule has 3 heteroatoms. The fourth-order valence-corrected chi connectivity index (χ4v) is 4.76. The zero-order valence-corrected chi connectivity index (χ0v) is 13.7. The normalized spacial score (nSPS) is 17.9. The summed E-state index contributed by atoms with van der Waals surface area (Å²) in [5, 5.41) is 2.88. The van der Waals surface area contributed by atoms with Crippen LogP contribution in [0.5, 0.6) is 0 Å². The molecular weight excluding hydrogens is 282 g/mol. The number of rotatable bonds is 5. The van der Waals surface area contributed by atoms with Gasteiger partial charge in [0.1, 0.15) is 0 Å². The van der Waals surface area contributed by atoms with Gasteiger partial charge in [-0.2, -0.15) is 0 Å². The summed E-state index contributed by atoms with van der Waals surface area (Å²) < 4.78 is 0. The van der Waals surface area contributed by atoms with Gasteiger partial charge in [0.15, 0.2) is 0 Å². The molecule has 0 spiro atoms. The number of fused-ring (bicyclic) bond motifs is 1. The van der Waals surface area contributed by atoms with Crippen molar-refractivity contribution in [2.24, 2.45) is 0 Å². The van der Waals surface area contributed by atoms with Gasteiger partial charge in [-0.15, -0.1) is 23.1 Å². The minimum Gasteiger partial charge on any atom is -0.295 e. The van der Waals surface area contributed by atoms with Gasteiger partial charge >= 0.3 is 0 Å². The van der Waals surface area contributed by atoms with Gasteiger partial charge in [0.2, 0.25) is 0 Å². The summed E-state index contributed by atoms with van der Waals surface area (Å²) in [5.41, 5.74) is 1.53. The first kappa shape index (κ1) is 14.2. The molecule has 1 aliphatic heterocycles. The second-order valence-electron chi connectivity index (χ2n) is 5.65. The molecule has 0 N–H and O–H groups in total. The van der Waals surface area contributed by atoms with E-state index in [0.717, 1.165) is 6.54 Å². The van der Waals surface area contributed by atoms with Gasteiger partial charge < -0.3 is 0 Å². The highest BCUT2D eigenvalue weighted by Crippen LogP contribution is 2.37. The smallest absolute Gasteiger partial charge is 0.0331 e. The van der Waals surface area contributed by atoms with Gasteiger partial charge in [0, 0.05) is 34.2 Å². The second-order valence-corrected chi connectivity index (χ2v) is 8.03. The molecule has 2 heterocycles. The van der Waals surface area contributed by atoms with Gasteiger partial charge in [0.05, 0.1) is 0 Å². The SMILES string of the molecule is CC(C)N(Cc1cccs1)CC1Cc2ccccc2S1. The van der Waals surface area contributed by atoms with E-state index in [0.29, 0.717) is 11.3 Å². The maximum atomic E-state index is 2.61. The third kappa shape index (κ3) is 3.27. The summed E-state index contributed by atoms with van der Waals surface area (Å²) in [6.45, 7) is 6.87. The number of hydrogen-bond donors (Lipinski definition) is 0. The van der Waals surface area contributed by atoms with Crippen molar-refractivity contribution in [3.05, 3.63) is 52.2 Å². The first-order valence-electron chi connectivity index (χ1n) is 7.23. The van der Waals surface area contributed by atoms with Crippen LogP contribution in [-0.4, -0.2) is 22.7 Å². The number of thioether (sulfide) groups is 1. The largest absolute Gasteiger partial charge is 0.295 e. The third-order valence-electron chi connectivity index (χ3n) is 3.82. The predicted molar refractivity (Wildman–Crippen MR) is 89.7 cm³/mol. The minimum absolute atomic E-state index is 0.599. The van der Waals surface area contributed by atoms with Crippen molar-refractivity contribution >= 4 is 23.1 Å². The Hall–Kier alpha value is -0.770. The van der Waals surface area contributed by atoms with E-state index in [1.54, 1.807) is 0 Å². The molecule has 2 aromatic rings. The summed E-state index contributed by atoms with van der Waals surface area (Å²) >= 11 is 3.92. The highest BCUT2D eigenvalue weighted by atomic mass is 32.2. The van der Waals surface area contributed by atoms with E-state index in [9.17, 15) is 0 Å².